The molecule has 18 heavy (non-hydrogen) atoms. The van der Waals surface area contributed by atoms with Gasteiger partial charge in [-0.1, -0.05) is 0 Å². The number of hydrogen-bond donors (Lipinski definition) is 12. The molecule has 0 spiro atoms. The van der Waals surface area contributed by atoms with Crippen LogP contribution in [-0.4, -0.2) is 114 Å². The molecule has 0 heterocycles. The van der Waals surface area contributed by atoms with Crippen molar-refractivity contribution in [2.24, 2.45) is 0 Å². The minimum atomic E-state index is -2.17. The van der Waals surface area contributed by atoms with Gasteiger partial charge in [0.25, 0.3) is 0 Å². The normalized spacial score (nSPS) is 6.00. The van der Waals surface area contributed by atoms with E-state index < -0.39 is 29.3 Å². The van der Waals surface area contributed by atoms with Crippen molar-refractivity contribution in [3.63, 3.8) is 0 Å². The van der Waals surface area contributed by atoms with Crippen molar-refractivity contribution in [2.45, 2.75) is 0 Å². The van der Waals surface area contributed by atoms with E-state index in [4.69, 9.17) is 60.3 Å². The molecule has 106 valence electrons. The van der Waals surface area contributed by atoms with Crippen molar-refractivity contribution >= 4 is 48.1 Å². The molecule has 0 aromatic carbocycles. The van der Waals surface area contributed by atoms with E-state index in [0.29, 0.717) is 0 Å². The molecular weight excluding hydrogens is 258 g/mol. The quantitative estimate of drug-likeness (QED) is 0.183. The molecule has 0 radical (unpaired) electrons. The molecule has 0 saturated carbocycles. The zero-order chi connectivity index (χ0) is 14.3. The fourth-order valence-electron chi connectivity index (χ4n) is 0. The van der Waals surface area contributed by atoms with Crippen LogP contribution in [0.25, 0.3) is 0 Å². The third kappa shape index (κ3) is 33800. The molecule has 0 saturated heterocycles. The van der Waals surface area contributed by atoms with Crippen molar-refractivity contribution in [1.82, 2.24) is 0 Å². The number of rotatable bonds is 0. The molecule has 0 atom stereocenters. The Kier molecular flexibility index (Phi) is 61.2. The predicted molar refractivity (Wildman–Crippen MR) is 60.4 cm³/mol. The molecule has 0 aromatic rings. The van der Waals surface area contributed by atoms with Crippen LogP contribution in [0.2, 0.25) is 0 Å². The third-order valence-corrected chi connectivity index (χ3v) is 0. The maximum absolute atomic E-state index is 7.17. The first-order valence-electron chi connectivity index (χ1n) is 3.10. The topological polar surface area (TPSA) is 274 Å². The summed E-state index contributed by atoms with van der Waals surface area (Å²) in [7, 11) is -8.67. The molecule has 14 N–H and O–H groups in total. The zero-order valence-corrected chi connectivity index (χ0v) is 8.18. The second-order valence-corrected chi connectivity index (χ2v) is 1.39. The monoisotopic (exact) mass is 274 g/mol. The van der Waals surface area contributed by atoms with Gasteiger partial charge in [-0.3, -0.25) is 0 Å². The summed E-state index contributed by atoms with van der Waals surface area (Å²) in [6.45, 7) is 0. The number of hydrogen-bond acceptors (Lipinski definition) is 12. The fourth-order valence-corrected chi connectivity index (χ4v) is 0. The Balaban J connectivity index is -0.0000000257. The summed E-state index contributed by atoms with van der Waals surface area (Å²) in [4.78, 5) is 0. The summed E-state index contributed by atoms with van der Waals surface area (Å²) in [6.07, 6.45) is 0. The Bertz CT molecular complexity index is 62.0. The summed E-state index contributed by atoms with van der Waals surface area (Å²) in [5, 5.41) is 86.0. The summed E-state index contributed by atoms with van der Waals surface area (Å²) >= 11 is 0. The first kappa shape index (κ1) is 36.2. The molecule has 0 rings (SSSR count). The van der Waals surface area contributed by atoms with E-state index >= 15 is 0 Å². The van der Waals surface area contributed by atoms with Crippen LogP contribution in [0.15, 0.2) is 0 Å². The van der Waals surface area contributed by atoms with E-state index in [1.807, 2.05) is 0 Å². The standard InChI is InChI=1S/4BH3O3.Li.H2O.H/c4*2-1(3)4;;;/h4*2-4H;;1H2;. The minimum absolute atomic E-state index is 0. The molecule has 0 aliphatic carbocycles. The molecule has 0 fully saturated rings. The average molecular weight is 273 g/mol. The molecule has 0 amide bonds. The second-order valence-electron chi connectivity index (χ2n) is 1.39. The zero-order valence-electron chi connectivity index (χ0n) is 8.18. The molecule has 0 aromatic heterocycles. The molecule has 0 bridgehead atoms. The van der Waals surface area contributed by atoms with Crippen molar-refractivity contribution in [1.29, 1.82) is 0 Å². The van der Waals surface area contributed by atoms with Crippen molar-refractivity contribution < 1.29 is 65.8 Å². The fraction of sp³-hybridized carbons (Fsp3) is 0. The van der Waals surface area contributed by atoms with E-state index in [0.717, 1.165) is 0 Å². The van der Waals surface area contributed by atoms with Crippen LogP contribution in [0.1, 0.15) is 0 Å². The Morgan fingerprint density at radius 3 is 0.333 bits per heavy atom. The van der Waals surface area contributed by atoms with Gasteiger partial charge in [0.2, 0.25) is 0 Å². The van der Waals surface area contributed by atoms with Crippen LogP contribution < -0.4 is 0 Å². The summed E-state index contributed by atoms with van der Waals surface area (Å²) < 4.78 is 0. The maximum atomic E-state index is 7.17. The first-order valence-corrected chi connectivity index (χ1v) is 3.10. The molecule has 13 nitrogen and oxygen atoms in total. The van der Waals surface area contributed by atoms with Crippen molar-refractivity contribution in [3.05, 3.63) is 0 Å². The van der Waals surface area contributed by atoms with E-state index in [1.54, 1.807) is 0 Å². The molecule has 0 aliphatic rings. The van der Waals surface area contributed by atoms with Crippen molar-refractivity contribution in [2.75, 3.05) is 0 Å². The van der Waals surface area contributed by atoms with Crippen LogP contribution in [0, 0.1) is 0 Å². The van der Waals surface area contributed by atoms with Crippen LogP contribution in [-0.2, 0) is 0 Å². The SMILES string of the molecule is O.OB(O)O.OB(O)O.OB(O)O.OB(O)O.[LiH]. The van der Waals surface area contributed by atoms with Crippen LogP contribution >= 0.6 is 0 Å². The summed E-state index contributed by atoms with van der Waals surface area (Å²) in [5.41, 5.74) is 0. The summed E-state index contributed by atoms with van der Waals surface area (Å²) in [6, 6.07) is 0. The predicted octanol–water partition coefficient (Wildman–Crippen LogP) is -9.68. The molecule has 0 aliphatic heterocycles. The van der Waals surface area contributed by atoms with Crippen LogP contribution in [0.4, 0.5) is 0 Å². The first-order chi connectivity index (χ1) is 6.93. The van der Waals surface area contributed by atoms with Gasteiger partial charge in [-0.2, -0.15) is 0 Å². The van der Waals surface area contributed by atoms with Gasteiger partial charge in [-0.15, -0.1) is 0 Å². The van der Waals surface area contributed by atoms with Gasteiger partial charge < -0.3 is 65.8 Å². The Morgan fingerprint density at radius 1 is 0.333 bits per heavy atom. The molecule has 0 unspecified atom stereocenters. The van der Waals surface area contributed by atoms with Crippen molar-refractivity contribution in [3.8, 4) is 0 Å². The van der Waals surface area contributed by atoms with Gasteiger partial charge in [-0.05, 0) is 0 Å². The molecule has 18 heteroatoms. The Hall–Kier alpha value is 0.337. The Morgan fingerprint density at radius 2 is 0.333 bits per heavy atom. The van der Waals surface area contributed by atoms with Gasteiger partial charge in [0, 0.05) is 0 Å². The molecular formula is H15B4LiO13. The average Bonchev–Trinajstić information content (AvgIpc) is 1.76. The van der Waals surface area contributed by atoms with Gasteiger partial charge in [0.1, 0.15) is 0 Å². The van der Waals surface area contributed by atoms with Gasteiger partial charge in [-0.25, -0.2) is 0 Å². The van der Waals surface area contributed by atoms with E-state index in [9.17, 15) is 0 Å². The van der Waals surface area contributed by atoms with Crippen LogP contribution in [0.5, 0.6) is 0 Å². The van der Waals surface area contributed by atoms with Gasteiger partial charge >= 0.3 is 48.1 Å². The third-order valence-electron chi connectivity index (χ3n) is 0. The summed E-state index contributed by atoms with van der Waals surface area (Å²) in [5.74, 6) is 0. The second kappa shape index (κ2) is 30.4. The van der Waals surface area contributed by atoms with Crippen LogP contribution in [0.3, 0.4) is 0 Å². The van der Waals surface area contributed by atoms with E-state index in [2.05, 4.69) is 0 Å². The van der Waals surface area contributed by atoms with Gasteiger partial charge in [0.05, 0.1) is 0 Å². The Labute approximate surface area is 114 Å². The van der Waals surface area contributed by atoms with Gasteiger partial charge in [0.15, 0.2) is 0 Å². The van der Waals surface area contributed by atoms with E-state index in [-0.39, 0.29) is 24.3 Å². The van der Waals surface area contributed by atoms with E-state index in [1.165, 1.54) is 0 Å².